The Labute approximate surface area is 153 Å². The van der Waals surface area contributed by atoms with Crippen molar-refractivity contribution < 1.29 is 4.79 Å². The summed E-state index contributed by atoms with van der Waals surface area (Å²) in [4.78, 5) is 9.06. The van der Waals surface area contributed by atoms with Crippen molar-refractivity contribution in [2.45, 2.75) is 46.0 Å². The van der Waals surface area contributed by atoms with Gasteiger partial charge in [-0.2, -0.15) is 0 Å². The van der Waals surface area contributed by atoms with Crippen LogP contribution in [0.3, 0.4) is 0 Å². The third kappa shape index (κ3) is 6.96. The van der Waals surface area contributed by atoms with Gasteiger partial charge in [-0.05, 0) is 59.7 Å². The van der Waals surface area contributed by atoms with Gasteiger partial charge in [-0.1, -0.05) is 63.6 Å². The van der Waals surface area contributed by atoms with E-state index in [1.807, 2.05) is 7.05 Å². The molecule has 1 N–H and O–H groups in total. The number of aryl methyl sites for hydroxylation is 2. The SMILES string of the molecule is C=CC=O.CCCCCc1ccc(-c2ccc(NC)cc2)c(CC)c1. The molecule has 25 heavy (non-hydrogen) atoms. The largest absolute Gasteiger partial charge is 0.388 e. The van der Waals surface area contributed by atoms with Crippen molar-refractivity contribution in [2.24, 2.45) is 0 Å². The molecule has 0 saturated heterocycles. The zero-order valence-electron chi connectivity index (χ0n) is 15.8. The predicted molar refractivity (Wildman–Crippen MR) is 110 cm³/mol. The van der Waals surface area contributed by atoms with Gasteiger partial charge >= 0.3 is 0 Å². The molecule has 2 nitrogen and oxygen atoms in total. The van der Waals surface area contributed by atoms with Gasteiger partial charge in [0.2, 0.25) is 0 Å². The number of anilines is 1. The summed E-state index contributed by atoms with van der Waals surface area (Å²) in [5, 5.41) is 3.17. The number of hydrogen-bond donors (Lipinski definition) is 1. The van der Waals surface area contributed by atoms with Gasteiger partial charge in [-0.15, -0.1) is 0 Å². The first-order valence-electron chi connectivity index (χ1n) is 9.16. The van der Waals surface area contributed by atoms with Crippen molar-refractivity contribution >= 4 is 12.0 Å². The monoisotopic (exact) mass is 337 g/mol. The van der Waals surface area contributed by atoms with Crippen LogP contribution in [0.1, 0.15) is 44.2 Å². The molecule has 2 aromatic rings. The first kappa shape index (κ1) is 20.7. The van der Waals surface area contributed by atoms with E-state index in [2.05, 4.69) is 68.2 Å². The first-order valence-corrected chi connectivity index (χ1v) is 9.16. The summed E-state index contributed by atoms with van der Waals surface area (Å²) in [6.45, 7) is 7.62. The Morgan fingerprint density at radius 2 is 1.72 bits per heavy atom. The van der Waals surface area contributed by atoms with Gasteiger partial charge in [0.15, 0.2) is 0 Å². The van der Waals surface area contributed by atoms with Crippen LogP contribution in [0.4, 0.5) is 5.69 Å². The number of hydrogen-bond acceptors (Lipinski definition) is 2. The maximum absolute atomic E-state index is 9.06. The molecular formula is C23H31NO. The van der Waals surface area contributed by atoms with E-state index in [9.17, 15) is 0 Å². The number of allylic oxidation sites excluding steroid dienone is 1. The summed E-state index contributed by atoms with van der Waals surface area (Å²) in [6.07, 6.45) is 8.05. The molecule has 0 heterocycles. The van der Waals surface area contributed by atoms with E-state index in [0.717, 1.165) is 12.1 Å². The number of rotatable bonds is 8. The van der Waals surface area contributed by atoms with E-state index in [-0.39, 0.29) is 0 Å². The topological polar surface area (TPSA) is 29.1 Å². The van der Waals surface area contributed by atoms with Gasteiger partial charge in [-0.25, -0.2) is 0 Å². The lowest BCUT2D eigenvalue weighted by molar-refractivity contribution is -0.104. The van der Waals surface area contributed by atoms with Crippen LogP contribution in [0, 0.1) is 0 Å². The molecule has 2 rings (SSSR count). The maximum atomic E-state index is 9.06. The normalized spacial score (nSPS) is 9.72. The Hall–Kier alpha value is -2.35. The quantitative estimate of drug-likeness (QED) is 0.360. The molecule has 2 aromatic carbocycles. The second kappa shape index (κ2) is 12.1. The van der Waals surface area contributed by atoms with Crippen LogP contribution in [-0.2, 0) is 17.6 Å². The smallest absolute Gasteiger partial charge is 0.142 e. The fourth-order valence-corrected chi connectivity index (χ4v) is 2.77. The van der Waals surface area contributed by atoms with Crippen molar-refractivity contribution in [2.75, 3.05) is 12.4 Å². The summed E-state index contributed by atoms with van der Waals surface area (Å²) in [6, 6.07) is 15.7. The fourth-order valence-electron chi connectivity index (χ4n) is 2.77. The molecule has 0 aromatic heterocycles. The number of carbonyl (C=O) groups is 1. The Morgan fingerprint density at radius 1 is 1.04 bits per heavy atom. The van der Waals surface area contributed by atoms with Crippen molar-refractivity contribution in [1.82, 2.24) is 0 Å². The van der Waals surface area contributed by atoms with Crippen molar-refractivity contribution in [3.63, 3.8) is 0 Å². The lowest BCUT2D eigenvalue weighted by Gasteiger charge is -2.12. The Balaban J connectivity index is 0.000000705. The molecule has 0 aliphatic rings. The second-order valence-corrected chi connectivity index (χ2v) is 6.00. The Kier molecular flexibility index (Phi) is 10.00. The highest BCUT2D eigenvalue weighted by Gasteiger charge is 2.05. The molecule has 0 spiro atoms. The standard InChI is InChI=1S/C20H27N.C3H4O/c1-4-6-7-8-16-9-14-20(17(5-2)15-16)18-10-12-19(21-3)13-11-18;1-2-3-4/h9-15,21H,4-8H2,1-3H3;2-3H,1H2. The Bertz CT molecular complexity index is 638. The van der Waals surface area contributed by atoms with Crippen LogP contribution >= 0.6 is 0 Å². The van der Waals surface area contributed by atoms with Crippen LogP contribution < -0.4 is 5.32 Å². The van der Waals surface area contributed by atoms with E-state index in [0.29, 0.717) is 6.29 Å². The lowest BCUT2D eigenvalue weighted by Crippen LogP contribution is -1.93. The van der Waals surface area contributed by atoms with Crippen LogP contribution in [0.15, 0.2) is 55.1 Å². The third-order valence-electron chi connectivity index (χ3n) is 4.20. The van der Waals surface area contributed by atoms with Crippen molar-refractivity contribution in [3.8, 4) is 11.1 Å². The molecular weight excluding hydrogens is 306 g/mol. The summed E-state index contributed by atoms with van der Waals surface area (Å²) < 4.78 is 0. The number of benzene rings is 2. The Morgan fingerprint density at radius 3 is 2.24 bits per heavy atom. The van der Waals surface area contributed by atoms with Gasteiger partial charge in [0, 0.05) is 12.7 Å². The average molecular weight is 338 g/mol. The molecule has 2 heteroatoms. The first-order chi connectivity index (χ1) is 12.2. The van der Waals surface area contributed by atoms with Crippen LogP contribution in [0.2, 0.25) is 0 Å². The molecule has 0 atom stereocenters. The molecule has 0 fully saturated rings. The molecule has 0 amide bonds. The maximum Gasteiger partial charge on any atom is 0.142 e. The molecule has 0 aliphatic heterocycles. The third-order valence-corrected chi connectivity index (χ3v) is 4.20. The summed E-state index contributed by atoms with van der Waals surface area (Å²) in [5.41, 5.74) is 6.79. The van der Waals surface area contributed by atoms with Crippen LogP contribution in [0.25, 0.3) is 11.1 Å². The van der Waals surface area contributed by atoms with E-state index in [4.69, 9.17) is 4.79 Å². The highest BCUT2D eigenvalue weighted by atomic mass is 16.1. The van der Waals surface area contributed by atoms with E-state index in [1.165, 1.54) is 54.0 Å². The number of carbonyl (C=O) groups excluding carboxylic acids is 1. The predicted octanol–water partition coefficient (Wildman–Crippen LogP) is 6.06. The zero-order chi connectivity index (χ0) is 18.5. The minimum absolute atomic E-state index is 0.639. The van der Waals surface area contributed by atoms with E-state index in [1.54, 1.807) is 0 Å². The van der Waals surface area contributed by atoms with Crippen molar-refractivity contribution in [3.05, 3.63) is 66.2 Å². The summed E-state index contributed by atoms with van der Waals surface area (Å²) in [5.74, 6) is 0. The minimum atomic E-state index is 0.639. The number of nitrogens with one attached hydrogen (secondary N) is 1. The van der Waals surface area contributed by atoms with Gasteiger partial charge < -0.3 is 5.32 Å². The number of aldehydes is 1. The van der Waals surface area contributed by atoms with Crippen molar-refractivity contribution in [1.29, 1.82) is 0 Å². The van der Waals surface area contributed by atoms with E-state index < -0.39 is 0 Å². The molecule has 134 valence electrons. The van der Waals surface area contributed by atoms with Gasteiger partial charge in [-0.3, -0.25) is 4.79 Å². The number of unbranched alkanes of at least 4 members (excludes halogenated alkanes) is 2. The van der Waals surface area contributed by atoms with Gasteiger partial charge in [0.05, 0.1) is 0 Å². The van der Waals surface area contributed by atoms with E-state index >= 15 is 0 Å². The average Bonchev–Trinajstić information content (AvgIpc) is 2.68. The fraction of sp³-hybridized carbons (Fsp3) is 0.348. The molecule has 0 unspecified atom stereocenters. The lowest BCUT2D eigenvalue weighted by atomic mass is 9.94. The summed E-state index contributed by atoms with van der Waals surface area (Å²) >= 11 is 0. The molecule has 0 saturated carbocycles. The van der Waals surface area contributed by atoms with Gasteiger partial charge in [0.25, 0.3) is 0 Å². The van der Waals surface area contributed by atoms with Crippen LogP contribution in [0.5, 0.6) is 0 Å². The summed E-state index contributed by atoms with van der Waals surface area (Å²) in [7, 11) is 1.96. The minimum Gasteiger partial charge on any atom is -0.388 e. The van der Waals surface area contributed by atoms with Gasteiger partial charge in [0.1, 0.15) is 6.29 Å². The zero-order valence-corrected chi connectivity index (χ0v) is 15.8. The molecule has 0 radical (unpaired) electrons. The molecule has 0 bridgehead atoms. The molecule has 0 aliphatic carbocycles. The highest BCUT2D eigenvalue weighted by molar-refractivity contribution is 5.69. The highest BCUT2D eigenvalue weighted by Crippen LogP contribution is 2.27. The van der Waals surface area contributed by atoms with Crippen LogP contribution in [-0.4, -0.2) is 13.3 Å². The second-order valence-electron chi connectivity index (χ2n) is 6.00.